The van der Waals surface area contributed by atoms with E-state index in [9.17, 15) is 4.79 Å². The van der Waals surface area contributed by atoms with Crippen molar-refractivity contribution in [3.8, 4) is 5.75 Å². The van der Waals surface area contributed by atoms with Gasteiger partial charge in [0, 0.05) is 42.6 Å². The van der Waals surface area contributed by atoms with E-state index in [1.54, 1.807) is 31.4 Å². The van der Waals surface area contributed by atoms with Gasteiger partial charge in [0.05, 0.1) is 7.11 Å². The van der Waals surface area contributed by atoms with Gasteiger partial charge >= 0.3 is 0 Å². The lowest BCUT2D eigenvalue weighted by atomic mass is 10.1. The second-order valence-electron chi connectivity index (χ2n) is 6.22. The Morgan fingerprint density at radius 2 is 2.11 bits per heavy atom. The van der Waals surface area contributed by atoms with Crippen LogP contribution in [0.3, 0.4) is 0 Å². The minimum Gasteiger partial charge on any atom is -0.496 e. The van der Waals surface area contributed by atoms with Crippen molar-refractivity contribution in [3.05, 3.63) is 64.0 Å². The van der Waals surface area contributed by atoms with Gasteiger partial charge in [-0.05, 0) is 24.4 Å². The van der Waals surface area contributed by atoms with E-state index in [-0.39, 0.29) is 5.91 Å². The number of nitrogens with zero attached hydrogens (tertiary/aromatic N) is 2. The minimum absolute atomic E-state index is 0.0838. The number of amides is 1. The van der Waals surface area contributed by atoms with E-state index in [1.165, 1.54) is 4.88 Å². The van der Waals surface area contributed by atoms with Crippen LogP contribution in [0.1, 0.15) is 22.6 Å². The molecule has 2 aromatic heterocycles. The first kappa shape index (κ1) is 19.1. The maximum absolute atomic E-state index is 12.3. The number of ether oxygens (including phenoxy) is 1. The molecule has 0 unspecified atom stereocenters. The topological polar surface area (TPSA) is 67.6 Å². The van der Waals surface area contributed by atoms with Crippen molar-refractivity contribution < 1.29 is 14.1 Å². The molecular formula is C20H23N3O3S. The number of nitrogens with one attached hydrogen (secondary N) is 1. The predicted molar refractivity (Wildman–Crippen MR) is 106 cm³/mol. The molecule has 1 N–H and O–H groups in total. The van der Waals surface area contributed by atoms with Crippen molar-refractivity contribution >= 4 is 23.1 Å². The second-order valence-corrected chi connectivity index (χ2v) is 7.26. The molecule has 0 aliphatic carbocycles. The maximum Gasteiger partial charge on any atom is 0.226 e. The van der Waals surface area contributed by atoms with Gasteiger partial charge in [-0.15, -0.1) is 11.3 Å². The van der Waals surface area contributed by atoms with Crippen molar-refractivity contribution in [1.82, 2.24) is 10.1 Å². The summed E-state index contributed by atoms with van der Waals surface area (Å²) in [5, 5.41) is 8.64. The molecule has 142 valence electrons. The van der Waals surface area contributed by atoms with Crippen LogP contribution in [0.4, 0.5) is 5.82 Å². The number of para-hydroxylation sites is 1. The van der Waals surface area contributed by atoms with Crippen LogP contribution in [-0.4, -0.2) is 29.6 Å². The largest absolute Gasteiger partial charge is 0.496 e. The summed E-state index contributed by atoms with van der Waals surface area (Å²) in [5.74, 6) is 1.89. The number of hydrogen-bond donors (Lipinski definition) is 1. The molecule has 6 nitrogen and oxygen atoms in total. The van der Waals surface area contributed by atoms with E-state index in [0.29, 0.717) is 31.1 Å². The van der Waals surface area contributed by atoms with Gasteiger partial charge in [0.1, 0.15) is 11.5 Å². The fraction of sp³-hybridized carbons (Fsp3) is 0.300. The van der Waals surface area contributed by atoms with Gasteiger partial charge in [-0.2, -0.15) is 0 Å². The average Bonchev–Trinajstić information content (AvgIpc) is 3.32. The van der Waals surface area contributed by atoms with E-state index >= 15 is 0 Å². The molecule has 0 bridgehead atoms. The van der Waals surface area contributed by atoms with Gasteiger partial charge < -0.3 is 14.6 Å². The predicted octanol–water partition coefficient (Wildman–Crippen LogP) is 4.08. The highest BCUT2D eigenvalue weighted by atomic mass is 32.1. The molecule has 0 aliphatic rings. The van der Waals surface area contributed by atoms with Gasteiger partial charge in [0.25, 0.3) is 0 Å². The summed E-state index contributed by atoms with van der Waals surface area (Å²) in [7, 11) is 1.68. The summed E-state index contributed by atoms with van der Waals surface area (Å²) in [6.45, 7) is 3.90. The number of carbonyl (C=O) groups excluding carboxylic acids is 1. The van der Waals surface area contributed by atoms with Crippen LogP contribution < -0.4 is 10.1 Å². The third kappa shape index (κ3) is 5.67. The van der Waals surface area contributed by atoms with E-state index in [0.717, 1.165) is 17.9 Å². The maximum atomic E-state index is 12.3. The van der Waals surface area contributed by atoms with E-state index < -0.39 is 0 Å². The highest BCUT2D eigenvalue weighted by molar-refractivity contribution is 7.09. The molecule has 1 aromatic carbocycles. The van der Waals surface area contributed by atoms with Crippen LogP contribution in [0.5, 0.6) is 5.75 Å². The molecule has 7 heteroatoms. The van der Waals surface area contributed by atoms with Crippen molar-refractivity contribution in [2.45, 2.75) is 26.4 Å². The normalized spacial score (nSPS) is 10.9. The summed E-state index contributed by atoms with van der Waals surface area (Å²) >= 11 is 1.72. The summed E-state index contributed by atoms with van der Waals surface area (Å²) in [4.78, 5) is 15.8. The Balaban J connectivity index is 1.63. The third-order valence-electron chi connectivity index (χ3n) is 4.10. The van der Waals surface area contributed by atoms with Crippen molar-refractivity contribution in [1.29, 1.82) is 0 Å². The quantitative estimate of drug-likeness (QED) is 0.601. The number of aryl methyl sites for hydroxylation is 1. The lowest BCUT2D eigenvalue weighted by Crippen LogP contribution is -2.27. The second kappa shape index (κ2) is 9.34. The van der Waals surface area contributed by atoms with Gasteiger partial charge in [0.2, 0.25) is 5.91 Å². The Morgan fingerprint density at radius 1 is 1.26 bits per heavy atom. The minimum atomic E-state index is -0.0838. The highest BCUT2D eigenvalue weighted by Gasteiger charge is 2.14. The summed E-state index contributed by atoms with van der Waals surface area (Å²) in [5.41, 5.74) is 1.10. The number of benzene rings is 1. The Hall–Kier alpha value is -2.64. The van der Waals surface area contributed by atoms with Crippen LogP contribution in [0.2, 0.25) is 0 Å². The smallest absolute Gasteiger partial charge is 0.226 e. The molecule has 0 saturated heterocycles. The number of aromatic nitrogens is 1. The summed E-state index contributed by atoms with van der Waals surface area (Å²) < 4.78 is 10.4. The number of hydrogen-bond acceptors (Lipinski definition) is 6. The molecule has 3 aromatic rings. The van der Waals surface area contributed by atoms with Crippen LogP contribution >= 0.6 is 11.3 Å². The number of carbonyl (C=O) groups is 1. The first-order valence-corrected chi connectivity index (χ1v) is 9.62. The summed E-state index contributed by atoms with van der Waals surface area (Å²) in [6.07, 6.45) is 0.367. The van der Waals surface area contributed by atoms with Crippen molar-refractivity contribution in [2.75, 3.05) is 19.0 Å². The molecule has 1 amide bonds. The monoisotopic (exact) mass is 385 g/mol. The highest BCUT2D eigenvalue weighted by Crippen LogP contribution is 2.21. The molecule has 27 heavy (non-hydrogen) atoms. The molecule has 0 aliphatic heterocycles. The fourth-order valence-corrected chi connectivity index (χ4v) is 3.55. The zero-order valence-corrected chi connectivity index (χ0v) is 16.3. The standard InChI is InChI=1S/C20H23N3O3S/c1-15-12-19(22-26-15)21-20(24)9-10-23(14-17-7-5-11-27-17)13-16-6-3-4-8-18(16)25-2/h3-8,11-12H,9-10,13-14H2,1-2H3,(H,21,22,24). The van der Waals surface area contributed by atoms with Crippen LogP contribution in [0.25, 0.3) is 0 Å². The number of anilines is 1. The van der Waals surface area contributed by atoms with E-state index in [4.69, 9.17) is 9.26 Å². The van der Waals surface area contributed by atoms with Crippen LogP contribution in [-0.2, 0) is 17.9 Å². The van der Waals surface area contributed by atoms with Gasteiger partial charge in [-0.25, -0.2) is 0 Å². The fourth-order valence-electron chi connectivity index (χ4n) is 2.80. The average molecular weight is 385 g/mol. The van der Waals surface area contributed by atoms with Gasteiger partial charge in [-0.1, -0.05) is 29.4 Å². The van der Waals surface area contributed by atoms with E-state index in [1.807, 2.05) is 24.3 Å². The SMILES string of the molecule is COc1ccccc1CN(CCC(=O)Nc1cc(C)on1)Cc1cccs1. The third-order valence-corrected chi connectivity index (χ3v) is 4.96. The molecule has 2 heterocycles. The Morgan fingerprint density at radius 3 is 2.81 bits per heavy atom. The zero-order valence-electron chi connectivity index (χ0n) is 15.5. The first-order chi connectivity index (χ1) is 13.1. The molecule has 0 saturated carbocycles. The van der Waals surface area contributed by atoms with E-state index in [2.05, 4.69) is 32.9 Å². The lowest BCUT2D eigenvalue weighted by molar-refractivity contribution is -0.116. The van der Waals surface area contributed by atoms with Crippen LogP contribution in [0.15, 0.2) is 52.4 Å². The number of thiophene rings is 1. The molecule has 0 radical (unpaired) electrons. The first-order valence-electron chi connectivity index (χ1n) is 8.74. The number of methoxy groups -OCH3 is 1. The van der Waals surface area contributed by atoms with Gasteiger partial charge in [-0.3, -0.25) is 9.69 Å². The molecule has 0 atom stereocenters. The molecule has 3 rings (SSSR count). The summed E-state index contributed by atoms with van der Waals surface area (Å²) in [6, 6.07) is 13.8. The van der Waals surface area contributed by atoms with Gasteiger partial charge in [0.15, 0.2) is 5.82 Å². The van der Waals surface area contributed by atoms with Crippen LogP contribution in [0, 0.1) is 6.92 Å². The zero-order chi connectivity index (χ0) is 19.1. The number of rotatable bonds is 9. The van der Waals surface area contributed by atoms with Crippen molar-refractivity contribution in [2.24, 2.45) is 0 Å². The molecule has 0 fully saturated rings. The lowest BCUT2D eigenvalue weighted by Gasteiger charge is -2.22. The molecular weight excluding hydrogens is 362 g/mol. The molecule has 0 spiro atoms. The Labute approximate surface area is 162 Å². The Bertz CT molecular complexity index is 861. The van der Waals surface area contributed by atoms with Crippen molar-refractivity contribution in [3.63, 3.8) is 0 Å². The Kier molecular flexibility index (Phi) is 6.62.